The molecule has 1 aromatic heterocycles. The van der Waals surface area contributed by atoms with Crippen LogP contribution in [0, 0.1) is 5.82 Å². The number of carbonyl (C=O) groups is 2. The molecule has 0 unspecified atom stereocenters. The van der Waals surface area contributed by atoms with E-state index in [0.29, 0.717) is 12.0 Å². The van der Waals surface area contributed by atoms with Gasteiger partial charge in [-0.25, -0.2) is 9.18 Å². The van der Waals surface area contributed by atoms with Gasteiger partial charge in [0, 0.05) is 11.7 Å². The Hall–Kier alpha value is -2.70. The first-order valence-electron chi connectivity index (χ1n) is 8.29. The molecule has 3 rings (SSSR count). The van der Waals surface area contributed by atoms with E-state index in [9.17, 15) is 14.0 Å². The Balaban J connectivity index is 1.69. The molecule has 0 spiro atoms. The van der Waals surface area contributed by atoms with E-state index in [1.54, 1.807) is 18.2 Å². The number of rotatable bonds is 6. The molecular formula is C18H20FN3O3. The van der Waals surface area contributed by atoms with Crippen LogP contribution < -0.4 is 5.32 Å². The van der Waals surface area contributed by atoms with E-state index >= 15 is 0 Å². The van der Waals surface area contributed by atoms with Gasteiger partial charge in [0.05, 0.1) is 0 Å². The normalized spacial score (nSPS) is 15.9. The highest BCUT2D eigenvalue weighted by molar-refractivity contribution is 5.85. The van der Waals surface area contributed by atoms with Crippen molar-refractivity contribution in [1.29, 1.82) is 0 Å². The smallest absolute Gasteiger partial charge is 0.356 e. The van der Waals surface area contributed by atoms with Crippen LogP contribution in [0.15, 0.2) is 36.5 Å². The summed E-state index contributed by atoms with van der Waals surface area (Å²) in [7, 11) is 0. The number of nitrogens with one attached hydrogen (secondary N) is 1. The highest BCUT2D eigenvalue weighted by Crippen LogP contribution is 2.33. The monoisotopic (exact) mass is 345 g/mol. The first-order chi connectivity index (χ1) is 12.0. The summed E-state index contributed by atoms with van der Waals surface area (Å²) in [5.74, 6) is -1.65. The maximum Gasteiger partial charge on any atom is 0.356 e. The highest BCUT2D eigenvalue weighted by atomic mass is 19.1. The number of aromatic nitrogens is 2. The maximum atomic E-state index is 14.0. The Kier molecular flexibility index (Phi) is 4.83. The van der Waals surface area contributed by atoms with Gasteiger partial charge in [-0.15, -0.1) is 0 Å². The quantitative estimate of drug-likeness (QED) is 0.842. The van der Waals surface area contributed by atoms with Crippen molar-refractivity contribution >= 4 is 11.9 Å². The summed E-state index contributed by atoms with van der Waals surface area (Å²) in [5, 5.41) is 15.8. The van der Waals surface area contributed by atoms with Crippen LogP contribution >= 0.6 is 0 Å². The van der Waals surface area contributed by atoms with Crippen molar-refractivity contribution in [1.82, 2.24) is 15.1 Å². The third kappa shape index (κ3) is 4.04. The van der Waals surface area contributed by atoms with Crippen LogP contribution in [0.2, 0.25) is 0 Å². The van der Waals surface area contributed by atoms with E-state index in [1.807, 2.05) is 0 Å². The molecule has 25 heavy (non-hydrogen) atoms. The molecule has 2 N–H and O–H groups in total. The van der Waals surface area contributed by atoms with Crippen molar-refractivity contribution in [2.45, 2.75) is 44.2 Å². The molecule has 0 bridgehead atoms. The average molecular weight is 345 g/mol. The fourth-order valence-electron chi connectivity index (χ4n) is 3.45. The summed E-state index contributed by atoms with van der Waals surface area (Å²) in [5.41, 5.74) is 0.0360. The third-order valence-corrected chi connectivity index (χ3v) is 4.62. The first-order valence-corrected chi connectivity index (χ1v) is 8.29. The van der Waals surface area contributed by atoms with Crippen molar-refractivity contribution in [2.24, 2.45) is 0 Å². The Morgan fingerprint density at radius 3 is 2.60 bits per heavy atom. The number of benzene rings is 1. The number of halogens is 1. The van der Waals surface area contributed by atoms with Gasteiger partial charge in [0.15, 0.2) is 5.69 Å². The van der Waals surface area contributed by atoms with Gasteiger partial charge in [-0.1, -0.05) is 31.0 Å². The fourth-order valence-corrected chi connectivity index (χ4v) is 3.45. The van der Waals surface area contributed by atoms with Crippen LogP contribution in [0.4, 0.5) is 4.39 Å². The van der Waals surface area contributed by atoms with E-state index in [1.165, 1.54) is 23.0 Å². The minimum Gasteiger partial charge on any atom is -0.476 e. The lowest BCUT2D eigenvalue weighted by atomic mass is 9.88. The van der Waals surface area contributed by atoms with Gasteiger partial charge >= 0.3 is 5.97 Å². The van der Waals surface area contributed by atoms with Gasteiger partial charge in [-0.3, -0.25) is 9.48 Å². The predicted molar refractivity (Wildman–Crippen MR) is 88.6 cm³/mol. The Labute approximate surface area is 144 Å². The molecule has 132 valence electrons. The van der Waals surface area contributed by atoms with Crippen LogP contribution in [0.25, 0.3) is 0 Å². The van der Waals surface area contributed by atoms with Crippen LogP contribution in [0.3, 0.4) is 0 Å². The second kappa shape index (κ2) is 7.04. The number of aromatic carboxylic acids is 1. The molecule has 2 aromatic rings. The van der Waals surface area contributed by atoms with Gasteiger partial charge < -0.3 is 10.4 Å². The first kappa shape index (κ1) is 17.1. The summed E-state index contributed by atoms with van der Waals surface area (Å²) in [6.45, 7) is -0.0632. The highest BCUT2D eigenvalue weighted by Gasteiger charge is 2.36. The molecule has 6 nitrogen and oxygen atoms in total. The van der Waals surface area contributed by atoms with Gasteiger partial charge in [-0.05, 0) is 37.0 Å². The summed E-state index contributed by atoms with van der Waals surface area (Å²) < 4.78 is 15.3. The molecule has 0 saturated heterocycles. The number of hydrogen-bond acceptors (Lipinski definition) is 3. The van der Waals surface area contributed by atoms with Crippen molar-refractivity contribution in [3.8, 4) is 0 Å². The van der Waals surface area contributed by atoms with Gasteiger partial charge in [-0.2, -0.15) is 5.10 Å². The molecule has 0 atom stereocenters. The molecule has 1 aliphatic carbocycles. The lowest BCUT2D eigenvalue weighted by molar-refractivity contribution is -0.123. The minimum atomic E-state index is -1.13. The zero-order chi connectivity index (χ0) is 17.9. The van der Waals surface area contributed by atoms with Gasteiger partial charge in [0.1, 0.15) is 12.4 Å². The van der Waals surface area contributed by atoms with Crippen LogP contribution in [0.5, 0.6) is 0 Å². The number of nitrogens with zero attached hydrogens (tertiary/aromatic N) is 2. The molecule has 1 heterocycles. The van der Waals surface area contributed by atoms with Crippen LogP contribution in [-0.2, 0) is 17.8 Å². The Bertz CT molecular complexity index is 781. The molecular weight excluding hydrogens is 325 g/mol. The SMILES string of the molecule is O=C(Cn1ccc(C(=O)O)n1)NC1(Cc2ccccc2F)CCCC1. The van der Waals surface area contributed by atoms with E-state index in [4.69, 9.17) is 5.11 Å². The molecule has 7 heteroatoms. The number of carbonyl (C=O) groups excluding carboxylic acids is 1. The van der Waals surface area contributed by atoms with E-state index in [-0.39, 0.29) is 24.0 Å². The summed E-state index contributed by atoms with van der Waals surface area (Å²) >= 11 is 0. The lowest BCUT2D eigenvalue weighted by Gasteiger charge is -2.31. The molecule has 0 aliphatic heterocycles. The van der Waals surface area contributed by atoms with Crippen molar-refractivity contribution in [3.05, 3.63) is 53.6 Å². The van der Waals surface area contributed by atoms with Gasteiger partial charge in [0.25, 0.3) is 0 Å². The average Bonchev–Trinajstić information content (AvgIpc) is 3.20. The summed E-state index contributed by atoms with van der Waals surface area (Å²) in [4.78, 5) is 23.3. The number of hydrogen-bond donors (Lipinski definition) is 2. The molecule has 1 saturated carbocycles. The van der Waals surface area contributed by atoms with Crippen molar-refractivity contribution in [2.75, 3.05) is 0 Å². The Morgan fingerprint density at radius 1 is 1.24 bits per heavy atom. The zero-order valence-electron chi connectivity index (χ0n) is 13.7. The standard InChI is InChI=1S/C18H20FN3O3/c19-14-6-2-1-5-13(14)11-18(8-3-4-9-18)20-16(23)12-22-10-7-15(21-22)17(24)25/h1-2,5-7,10H,3-4,8-9,11-12H2,(H,20,23)(H,24,25). The summed E-state index contributed by atoms with van der Waals surface area (Å²) in [6.07, 6.45) is 5.48. The van der Waals surface area contributed by atoms with Gasteiger partial charge in [0.2, 0.25) is 5.91 Å². The molecule has 1 aliphatic rings. The van der Waals surface area contributed by atoms with Crippen molar-refractivity contribution < 1.29 is 19.1 Å². The Morgan fingerprint density at radius 2 is 1.96 bits per heavy atom. The number of carboxylic acids is 1. The van der Waals surface area contributed by atoms with E-state index in [0.717, 1.165) is 25.7 Å². The summed E-state index contributed by atoms with van der Waals surface area (Å²) in [6, 6.07) is 7.96. The van der Waals surface area contributed by atoms with Crippen LogP contribution in [-0.4, -0.2) is 32.3 Å². The topological polar surface area (TPSA) is 84.2 Å². The van der Waals surface area contributed by atoms with E-state index in [2.05, 4.69) is 10.4 Å². The maximum absolute atomic E-state index is 14.0. The largest absolute Gasteiger partial charge is 0.476 e. The second-order valence-corrected chi connectivity index (χ2v) is 6.51. The van der Waals surface area contributed by atoms with E-state index < -0.39 is 11.5 Å². The fraction of sp³-hybridized carbons (Fsp3) is 0.389. The molecule has 1 amide bonds. The predicted octanol–water partition coefficient (Wildman–Crippen LogP) is 2.39. The molecule has 1 fully saturated rings. The molecule has 1 aromatic carbocycles. The van der Waals surface area contributed by atoms with Crippen LogP contribution in [0.1, 0.15) is 41.7 Å². The third-order valence-electron chi connectivity index (χ3n) is 4.62. The number of carboxylic acid groups (broad SMARTS) is 1. The number of amides is 1. The van der Waals surface area contributed by atoms with Crippen molar-refractivity contribution in [3.63, 3.8) is 0 Å². The minimum absolute atomic E-state index is 0.0632. The molecule has 0 radical (unpaired) electrons. The second-order valence-electron chi connectivity index (χ2n) is 6.51. The lowest BCUT2D eigenvalue weighted by Crippen LogP contribution is -2.49. The zero-order valence-corrected chi connectivity index (χ0v) is 13.7.